The molecule has 0 aliphatic heterocycles. The summed E-state index contributed by atoms with van der Waals surface area (Å²) in [4.78, 5) is 12.1. The number of hydrogen-bond acceptors (Lipinski definition) is 1. The lowest BCUT2D eigenvalue weighted by Gasteiger charge is -2.04. The van der Waals surface area contributed by atoms with Gasteiger partial charge in [-0.25, -0.2) is 0 Å². The summed E-state index contributed by atoms with van der Waals surface area (Å²) in [5.74, 6) is 0.515. The van der Waals surface area contributed by atoms with Crippen LogP contribution in [0, 0.1) is 0 Å². The summed E-state index contributed by atoms with van der Waals surface area (Å²) in [5.41, 5.74) is 0. The summed E-state index contributed by atoms with van der Waals surface area (Å²) >= 11 is 0. The molecular weight excluding hydrogens is 424 g/mol. The average molecular weight is 491 g/mol. The van der Waals surface area contributed by atoms with Crippen LogP contribution in [-0.4, -0.2) is 5.78 Å². The summed E-state index contributed by atoms with van der Waals surface area (Å²) in [6, 6.07) is 0. The van der Waals surface area contributed by atoms with Gasteiger partial charge in [0.1, 0.15) is 5.78 Å². The van der Waals surface area contributed by atoms with Gasteiger partial charge in [-0.05, 0) is 38.5 Å². The molecule has 0 bridgehead atoms. The van der Waals surface area contributed by atoms with E-state index in [1.165, 1.54) is 161 Å². The molecule has 0 aromatic rings. The molecule has 0 atom stereocenters. The van der Waals surface area contributed by atoms with Crippen molar-refractivity contribution in [3.8, 4) is 0 Å². The Bertz CT molecular complexity index is 424. The topological polar surface area (TPSA) is 17.1 Å². The van der Waals surface area contributed by atoms with Gasteiger partial charge in [0.25, 0.3) is 0 Å². The van der Waals surface area contributed by atoms with Crippen LogP contribution in [-0.2, 0) is 4.79 Å². The Balaban J connectivity index is 3.19. The molecule has 0 heterocycles. The third-order valence-electron chi connectivity index (χ3n) is 7.53. The van der Waals surface area contributed by atoms with Crippen LogP contribution < -0.4 is 0 Å². The van der Waals surface area contributed by atoms with Crippen LogP contribution in [0.25, 0.3) is 0 Å². The first kappa shape index (κ1) is 34.4. The quantitative estimate of drug-likeness (QED) is 0.0722. The van der Waals surface area contributed by atoms with Gasteiger partial charge in [-0.15, -0.1) is 0 Å². The molecular formula is C34H66O. The lowest BCUT2D eigenvalue weighted by molar-refractivity contribution is -0.119. The number of unbranched alkanes of at least 4 members (excludes halogenated alkanes) is 24. The van der Waals surface area contributed by atoms with E-state index in [1.54, 1.807) is 0 Å². The van der Waals surface area contributed by atoms with Crippen molar-refractivity contribution in [3.63, 3.8) is 0 Å². The monoisotopic (exact) mass is 491 g/mol. The highest BCUT2D eigenvalue weighted by Gasteiger charge is 2.02. The number of hydrogen-bond donors (Lipinski definition) is 0. The molecule has 0 aromatic heterocycles. The van der Waals surface area contributed by atoms with E-state index in [2.05, 4.69) is 26.0 Å². The predicted octanol–water partition coefficient (Wildman–Crippen LogP) is 12.5. The molecule has 1 heteroatoms. The highest BCUT2D eigenvalue weighted by atomic mass is 16.1. The summed E-state index contributed by atoms with van der Waals surface area (Å²) in [6.45, 7) is 4.57. The summed E-state index contributed by atoms with van der Waals surface area (Å²) in [7, 11) is 0. The molecule has 0 amide bonds. The lowest BCUT2D eigenvalue weighted by atomic mass is 10.0. The third kappa shape index (κ3) is 31.4. The number of carbonyl (C=O) groups is 1. The maximum absolute atomic E-state index is 12.1. The Morgan fingerprint density at radius 1 is 0.371 bits per heavy atom. The van der Waals surface area contributed by atoms with Gasteiger partial charge in [0.05, 0.1) is 0 Å². The molecule has 0 aromatic carbocycles. The third-order valence-corrected chi connectivity index (χ3v) is 7.53. The minimum Gasteiger partial charge on any atom is -0.300 e. The van der Waals surface area contributed by atoms with E-state index in [9.17, 15) is 4.79 Å². The summed E-state index contributed by atoms with van der Waals surface area (Å²) in [6.07, 6.45) is 43.0. The van der Waals surface area contributed by atoms with Gasteiger partial charge in [0.15, 0.2) is 0 Å². The molecule has 35 heavy (non-hydrogen) atoms. The van der Waals surface area contributed by atoms with Crippen molar-refractivity contribution in [2.45, 2.75) is 200 Å². The number of allylic oxidation sites excluding steroid dienone is 2. The van der Waals surface area contributed by atoms with Crippen LogP contribution in [0.3, 0.4) is 0 Å². The average Bonchev–Trinajstić information content (AvgIpc) is 2.86. The fourth-order valence-electron chi connectivity index (χ4n) is 5.03. The van der Waals surface area contributed by atoms with Gasteiger partial charge in [-0.1, -0.05) is 161 Å². The molecule has 0 radical (unpaired) electrons. The van der Waals surface area contributed by atoms with Crippen LogP contribution in [0.5, 0.6) is 0 Å². The van der Waals surface area contributed by atoms with E-state index in [1.807, 2.05) is 0 Å². The van der Waals surface area contributed by atoms with Crippen LogP contribution in [0.2, 0.25) is 0 Å². The van der Waals surface area contributed by atoms with Gasteiger partial charge in [0, 0.05) is 12.8 Å². The molecule has 0 spiro atoms. The van der Waals surface area contributed by atoms with E-state index in [0.29, 0.717) is 5.78 Å². The van der Waals surface area contributed by atoms with Crippen molar-refractivity contribution in [3.05, 3.63) is 12.2 Å². The van der Waals surface area contributed by atoms with Crippen molar-refractivity contribution in [1.29, 1.82) is 0 Å². The van der Waals surface area contributed by atoms with Crippen molar-refractivity contribution in [1.82, 2.24) is 0 Å². The Hall–Kier alpha value is -0.590. The second-order valence-electron chi connectivity index (χ2n) is 11.2. The standard InChI is InChI=1S/C34H66O/c1-3-5-7-9-11-13-15-17-19-21-23-25-27-29-31-33-34(35)32-30-28-26-24-22-20-18-16-14-12-10-8-6-4-2/h17,19H,3-16,18,20-33H2,1-2H3/b19-17-. The predicted molar refractivity (Wildman–Crippen MR) is 159 cm³/mol. The first-order valence-corrected chi connectivity index (χ1v) is 16.5. The van der Waals surface area contributed by atoms with E-state index in [-0.39, 0.29) is 0 Å². The van der Waals surface area contributed by atoms with Gasteiger partial charge < -0.3 is 0 Å². The SMILES string of the molecule is CCCCCCCC/C=C\CCCCCCCC(=O)CCCCCCCCCCCCCCCC. The van der Waals surface area contributed by atoms with Crippen molar-refractivity contribution in [2.24, 2.45) is 0 Å². The highest BCUT2D eigenvalue weighted by molar-refractivity contribution is 5.78. The Kier molecular flexibility index (Phi) is 30.9. The Labute approximate surface area is 222 Å². The van der Waals surface area contributed by atoms with Crippen LogP contribution in [0.4, 0.5) is 0 Å². The molecule has 0 unspecified atom stereocenters. The van der Waals surface area contributed by atoms with E-state index in [4.69, 9.17) is 0 Å². The number of ketones is 1. The van der Waals surface area contributed by atoms with Crippen LogP contribution in [0.15, 0.2) is 12.2 Å². The zero-order valence-corrected chi connectivity index (χ0v) is 24.6. The smallest absolute Gasteiger partial charge is 0.132 e. The maximum atomic E-state index is 12.1. The minimum atomic E-state index is 0.515. The molecule has 208 valence electrons. The first-order chi connectivity index (χ1) is 17.3. The molecule has 0 saturated carbocycles. The van der Waals surface area contributed by atoms with Gasteiger partial charge in [-0.3, -0.25) is 4.79 Å². The van der Waals surface area contributed by atoms with Crippen molar-refractivity contribution >= 4 is 5.78 Å². The Morgan fingerprint density at radius 2 is 0.629 bits per heavy atom. The number of rotatable bonds is 30. The molecule has 0 saturated heterocycles. The van der Waals surface area contributed by atoms with E-state index >= 15 is 0 Å². The molecule has 1 nitrogen and oxygen atoms in total. The van der Waals surface area contributed by atoms with E-state index < -0.39 is 0 Å². The van der Waals surface area contributed by atoms with Gasteiger partial charge in [0.2, 0.25) is 0 Å². The largest absolute Gasteiger partial charge is 0.300 e. The van der Waals surface area contributed by atoms with Crippen LogP contribution >= 0.6 is 0 Å². The zero-order chi connectivity index (χ0) is 25.5. The zero-order valence-electron chi connectivity index (χ0n) is 24.6. The fourth-order valence-corrected chi connectivity index (χ4v) is 5.03. The fraction of sp³-hybridized carbons (Fsp3) is 0.912. The number of Topliss-reactive ketones (excluding diaryl/α,β-unsaturated/α-hetero) is 1. The van der Waals surface area contributed by atoms with E-state index in [0.717, 1.165) is 25.7 Å². The number of carbonyl (C=O) groups excluding carboxylic acids is 1. The lowest BCUT2D eigenvalue weighted by Crippen LogP contribution is -1.97. The van der Waals surface area contributed by atoms with Gasteiger partial charge in [-0.2, -0.15) is 0 Å². The van der Waals surface area contributed by atoms with Crippen LogP contribution in [0.1, 0.15) is 200 Å². The van der Waals surface area contributed by atoms with Gasteiger partial charge >= 0.3 is 0 Å². The second-order valence-corrected chi connectivity index (χ2v) is 11.2. The maximum Gasteiger partial charge on any atom is 0.132 e. The van der Waals surface area contributed by atoms with Crippen molar-refractivity contribution in [2.75, 3.05) is 0 Å². The summed E-state index contributed by atoms with van der Waals surface area (Å²) < 4.78 is 0. The molecule has 0 aliphatic rings. The molecule has 0 rings (SSSR count). The molecule has 0 fully saturated rings. The molecule has 0 aliphatic carbocycles. The second kappa shape index (κ2) is 31.4. The minimum absolute atomic E-state index is 0.515. The molecule has 0 N–H and O–H groups in total. The normalized spacial score (nSPS) is 11.6. The Morgan fingerprint density at radius 3 is 0.943 bits per heavy atom. The highest BCUT2D eigenvalue weighted by Crippen LogP contribution is 2.15. The first-order valence-electron chi connectivity index (χ1n) is 16.5. The van der Waals surface area contributed by atoms with Crippen molar-refractivity contribution < 1.29 is 4.79 Å². The summed E-state index contributed by atoms with van der Waals surface area (Å²) in [5, 5.41) is 0.